The first kappa shape index (κ1) is 16.0. The van der Waals surface area contributed by atoms with Crippen LogP contribution in [0.5, 0.6) is 0 Å². The normalized spacial score (nSPS) is 11.0. The van der Waals surface area contributed by atoms with Crippen molar-refractivity contribution in [1.29, 1.82) is 0 Å². The van der Waals surface area contributed by atoms with E-state index in [0.29, 0.717) is 11.7 Å². The third-order valence-electron chi connectivity index (χ3n) is 4.04. The molecule has 0 fully saturated rings. The summed E-state index contributed by atoms with van der Waals surface area (Å²) in [5.41, 5.74) is 4.19. The van der Waals surface area contributed by atoms with Gasteiger partial charge in [0.25, 0.3) is 0 Å². The standard InChI is InChI=1S/C20H20N2O2/c1-13(2)15-7-9-17(10-8-15)22-12-18(20(23)24)21-19(22)16-6-4-5-14(3)11-16/h4-13H,1-3H3,(H,23,24). The lowest BCUT2D eigenvalue weighted by Crippen LogP contribution is -1.97. The number of benzene rings is 2. The Labute approximate surface area is 141 Å². The van der Waals surface area contributed by atoms with E-state index in [1.54, 1.807) is 6.20 Å². The summed E-state index contributed by atoms with van der Waals surface area (Å²) in [6.07, 6.45) is 1.57. The molecule has 0 atom stereocenters. The van der Waals surface area contributed by atoms with Crippen molar-refractivity contribution in [2.75, 3.05) is 0 Å². The Morgan fingerprint density at radius 3 is 2.42 bits per heavy atom. The molecule has 1 N–H and O–H groups in total. The summed E-state index contributed by atoms with van der Waals surface area (Å²) in [7, 11) is 0. The van der Waals surface area contributed by atoms with Gasteiger partial charge in [-0.1, -0.05) is 49.7 Å². The molecule has 4 heteroatoms. The van der Waals surface area contributed by atoms with Crippen molar-refractivity contribution in [3.05, 3.63) is 71.5 Å². The van der Waals surface area contributed by atoms with E-state index >= 15 is 0 Å². The van der Waals surface area contributed by atoms with Gasteiger partial charge in [-0.25, -0.2) is 9.78 Å². The molecule has 0 aliphatic carbocycles. The zero-order valence-corrected chi connectivity index (χ0v) is 14.0. The number of carboxylic acids is 1. The molecule has 0 bridgehead atoms. The van der Waals surface area contributed by atoms with Crippen molar-refractivity contribution in [2.24, 2.45) is 0 Å². The molecule has 24 heavy (non-hydrogen) atoms. The molecule has 0 aliphatic rings. The largest absolute Gasteiger partial charge is 0.476 e. The van der Waals surface area contributed by atoms with Crippen LogP contribution < -0.4 is 0 Å². The average Bonchev–Trinajstić information content (AvgIpc) is 3.00. The van der Waals surface area contributed by atoms with Gasteiger partial charge in [0, 0.05) is 17.4 Å². The number of aromatic carboxylic acids is 1. The number of carboxylic acid groups (broad SMARTS) is 1. The van der Waals surface area contributed by atoms with Crippen molar-refractivity contribution in [2.45, 2.75) is 26.7 Å². The van der Waals surface area contributed by atoms with Gasteiger partial charge in [0.05, 0.1) is 0 Å². The van der Waals surface area contributed by atoms with Crippen LogP contribution in [0.15, 0.2) is 54.7 Å². The van der Waals surface area contributed by atoms with E-state index in [1.807, 2.05) is 47.9 Å². The Balaban J connectivity index is 2.14. The number of nitrogens with zero attached hydrogens (tertiary/aromatic N) is 2. The molecule has 3 aromatic rings. The van der Waals surface area contributed by atoms with E-state index < -0.39 is 5.97 Å². The van der Waals surface area contributed by atoms with E-state index in [2.05, 4.69) is 31.0 Å². The molecule has 0 aliphatic heterocycles. The van der Waals surface area contributed by atoms with Gasteiger partial charge in [-0.3, -0.25) is 4.57 Å². The zero-order valence-electron chi connectivity index (χ0n) is 14.0. The second-order valence-corrected chi connectivity index (χ2v) is 6.24. The number of aryl methyl sites for hydroxylation is 1. The van der Waals surface area contributed by atoms with Crippen molar-refractivity contribution in [1.82, 2.24) is 9.55 Å². The maximum absolute atomic E-state index is 11.4. The van der Waals surface area contributed by atoms with Gasteiger partial charge < -0.3 is 5.11 Å². The summed E-state index contributed by atoms with van der Waals surface area (Å²) in [5, 5.41) is 9.31. The Kier molecular flexibility index (Phi) is 4.21. The highest BCUT2D eigenvalue weighted by molar-refractivity contribution is 5.86. The summed E-state index contributed by atoms with van der Waals surface area (Å²) in [6.45, 7) is 6.30. The molecular formula is C20H20N2O2. The molecule has 4 nitrogen and oxygen atoms in total. The van der Waals surface area contributed by atoms with E-state index in [0.717, 1.165) is 16.8 Å². The highest BCUT2D eigenvalue weighted by Gasteiger charge is 2.16. The predicted molar refractivity (Wildman–Crippen MR) is 94.8 cm³/mol. The molecule has 0 radical (unpaired) electrons. The Morgan fingerprint density at radius 1 is 1.12 bits per heavy atom. The smallest absolute Gasteiger partial charge is 0.356 e. The highest BCUT2D eigenvalue weighted by atomic mass is 16.4. The first-order valence-electron chi connectivity index (χ1n) is 7.96. The molecule has 3 rings (SSSR count). The van der Waals surface area contributed by atoms with E-state index in [4.69, 9.17) is 0 Å². The molecule has 0 saturated carbocycles. The minimum atomic E-state index is -1.03. The van der Waals surface area contributed by atoms with Crippen LogP contribution in [-0.4, -0.2) is 20.6 Å². The lowest BCUT2D eigenvalue weighted by Gasteiger charge is -2.10. The van der Waals surface area contributed by atoms with Crippen LogP contribution in [-0.2, 0) is 0 Å². The topological polar surface area (TPSA) is 55.1 Å². The first-order valence-corrected chi connectivity index (χ1v) is 7.96. The van der Waals surface area contributed by atoms with E-state index in [1.165, 1.54) is 5.56 Å². The fourth-order valence-electron chi connectivity index (χ4n) is 2.69. The van der Waals surface area contributed by atoms with Crippen LogP contribution in [0.25, 0.3) is 17.1 Å². The minimum Gasteiger partial charge on any atom is -0.476 e. The van der Waals surface area contributed by atoms with Crippen molar-refractivity contribution in [3.63, 3.8) is 0 Å². The molecule has 1 heterocycles. The van der Waals surface area contributed by atoms with Crippen molar-refractivity contribution in [3.8, 4) is 17.1 Å². The number of hydrogen-bond acceptors (Lipinski definition) is 2. The highest BCUT2D eigenvalue weighted by Crippen LogP contribution is 2.25. The molecule has 1 aromatic heterocycles. The summed E-state index contributed by atoms with van der Waals surface area (Å²) < 4.78 is 1.84. The second kappa shape index (κ2) is 6.32. The monoisotopic (exact) mass is 320 g/mol. The fourth-order valence-corrected chi connectivity index (χ4v) is 2.69. The molecule has 0 unspecified atom stereocenters. The lowest BCUT2D eigenvalue weighted by molar-refractivity contribution is 0.0691. The summed E-state index contributed by atoms with van der Waals surface area (Å²) in [6, 6.07) is 16.1. The number of carbonyl (C=O) groups is 1. The molecule has 2 aromatic carbocycles. The predicted octanol–water partition coefficient (Wildman–Crippen LogP) is 4.67. The first-order chi connectivity index (χ1) is 11.5. The number of rotatable bonds is 4. The fraction of sp³-hybridized carbons (Fsp3) is 0.200. The van der Waals surface area contributed by atoms with Crippen molar-refractivity contribution >= 4 is 5.97 Å². The summed E-state index contributed by atoms with van der Waals surface area (Å²) in [5.74, 6) is 0.0579. The maximum atomic E-state index is 11.4. The van der Waals surface area contributed by atoms with Gasteiger partial charge in [0.2, 0.25) is 0 Å². The Morgan fingerprint density at radius 2 is 1.83 bits per heavy atom. The quantitative estimate of drug-likeness (QED) is 0.760. The average molecular weight is 320 g/mol. The van der Waals surface area contributed by atoms with Crippen LogP contribution in [0.2, 0.25) is 0 Å². The van der Waals surface area contributed by atoms with Crippen molar-refractivity contribution < 1.29 is 9.90 Å². The van der Waals surface area contributed by atoms with Gasteiger partial charge in [0.1, 0.15) is 5.82 Å². The number of aromatic nitrogens is 2. The SMILES string of the molecule is Cc1cccc(-c2nc(C(=O)O)cn2-c2ccc(C(C)C)cc2)c1. The molecule has 0 spiro atoms. The zero-order chi connectivity index (χ0) is 17.3. The number of imidazole rings is 1. The third-order valence-corrected chi connectivity index (χ3v) is 4.04. The van der Waals surface area contributed by atoms with Crippen LogP contribution in [0.1, 0.15) is 41.4 Å². The summed E-state index contributed by atoms with van der Waals surface area (Å²) in [4.78, 5) is 15.7. The molecular weight excluding hydrogens is 300 g/mol. The van der Waals surface area contributed by atoms with Crippen LogP contribution in [0.4, 0.5) is 0 Å². The van der Waals surface area contributed by atoms with E-state index in [9.17, 15) is 9.90 Å². The molecule has 0 saturated heterocycles. The second-order valence-electron chi connectivity index (χ2n) is 6.24. The van der Waals surface area contributed by atoms with Crippen LogP contribution in [0, 0.1) is 6.92 Å². The Hall–Kier alpha value is -2.88. The van der Waals surface area contributed by atoms with E-state index in [-0.39, 0.29) is 5.69 Å². The number of hydrogen-bond donors (Lipinski definition) is 1. The van der Waals surface area contributed by atoms with Gasteiger partial charge in [0.15, 0.2) is 5.69 Å². The maximum Gasteiger partial charge on any atom is 0.356 e. The van der Waals surface area contributed by atoms with Gasteiger partial charge >= 0.3 is 5.97 Å². The Bertz CT molecular complexity index is 877. The minimum absolute atomic E-state index is 0.0412. The molecule has 122 valence electrons. The van der Waals surface area contributed by atoms with Crippen LogP contribution in [0.3, 0.4) is 0 Å². The lowest BCUT2D eigenvalue weighted by atomic mass is 10.0. The van der Waals surface area contributed by atoms with Crippen LogP contribution >= 0.6 is 0 Å². The van der Waals surface area contributed by atoms with Gasteiger partial charge in [-0.15, -0.1) is 0 Å². The summed E-state index contributed by atoms with van der Waals surface area (Å²) >= 11 is 0. The van der Waals surface area contributed by atoms with Gasteiger partial charge in [-0.2, -0.15) is 0 Å². The molecule has 0 amide bonds. The third kappa shape index (κ3) is 3.08. The van der Waals surface area contributed by atoms with Gasteiger partial charge in [-0.05, 0) is 36.6 Å².